The quantitative estimate of drug-likeness (QED) is 0.845. The van der Waals surface area contributed by atoms with Gasteiger partial charge in [0.15, 0.2) is 12.1 Å². The molecule has 1 aromatic carbocycles. The second kappa shape index (κ2) is 4.14. The van der Waals surface area contributed by atoms with Gasteiger partial charge in [0.1, 0.15) is 12.1 Å². The van der Waals surface area contributed by atoms with Gasteiger partial charge < -0.3 is 9.73 Å². The Morgan fingerprint density at radius 1 is 1.50 bits per heavy atom. The third kappa shape index (κ3) is 2.08. The number of hydrogen-bond donors (Lipinski definition) is 1. The Balaban J connectivity index is 2.15. The predicted molar refractivity (Wildman–Crippen MR) is 55.6 cm³/mol. The molecule has 0 aliphatic heterocycles. The molecule has 1 amide bonds. The maximum atomic E-state index is 13.2. The number of nitrogens with zero attached hydrogens (tertiary/aromatic N) is 1. The maximum absolute atomic E-state index is 13.2. The van der Waals surface area contributed by atoms with Gasteiger partial charge in [0.05, 0.1) is 0 Å². The number of hydrogen-bond acceptors (Lipinski definition) is 3. The predicted octanol–water partition coefficient (Wildman–Crippen LogP) is 2.37. The molecule has 0 saturated heterocycles. The number of amides is 1. The average molecular weight is 220 g/mol. The highest BCUT2D eigenvalue weighted by Gasteiger charge is 2.09. The Morgan fingerprint density at radius 2 is 2.31 bits per heavy atom. The third-order valence-corrected chi connectivity index (χ3v) is 2.09. The van der Waals surface area contributed by atoms with E-state index in [1.807, 2.05) is 0 Å². The highest BCUT2D eigenvalue weighted by molar-refractivity contribution is 6.02. The van der Waals surface area contributed by atoms with Crippen LogP contribution >= 0.6 is 0 Å². The van der Waals surface area contributed by atoms with Crippen molar-refractivity contribution in [3.63, 3.8) is 0 Å². The average Bonchev–Trinajstić information content (AvgIpc) is 2.77. The molecule has 0 aliphatic carbocycles. The molecule has 82 valence electrons. The molecule has 0 atom stereocenters. The minimum atomic E-state index is -0.433. The SMILES string of the molecule is Cc1ccc(NC(=O)c2cocn2)cc1F. The van der Waals surface area contributed by atoms with Crippen molar-refractivity contribution in [1.29, 1.82) is 0 Å². The third-order valence-electron chi connectivity index (χ3n) is 2.09. The van der Waals surface area contributed by atoms with Crippen LogP contribution in [0.15, 0.2) is 35.3 Å². The highest BCUT2D eigenvalue weighted by Crippen LogP contribution is 2.14. The standard InChI is InChI=1S/C11H9FN2O2/c1-7-2-3-8(4-9(7)12)14-11(15)10-5-16-6-13-10/h2-6H,1H3,(H,14,15). The van der Waals surface area contributed by atoms with Gasteiger partial charge in [-0.1, -0.05) is 6.07 Å². The summed E-state index contributed by atoms with van der Waals surface area (Å²) in [5.74, 6) is -0.796. The highest BCUT2D eigenvalue weighted by atomic mass is 19.1. The second-order valence-electron chi connectivity index (χ2n) is 3.29. The van der Waals surface area contributed by atoms with Gasteiger partial charge in [0, 0.05) is 5.69 Å². The van der Waals surface area contributed by atoms with Crippen molar-refractivity contribution in [2.75, 3.05) is 5.32 Å². The molecular formula is C11H9FN2O2. The van der Waals surface area contributed by atoms with E-state index < -0.39 is 5.91 Å². The molecule has 2 aromatic rings. The van der Waals surface area contributed by atoms with Crippen molar-refractivity contribution in [3.05, 3.63) is 47.9 Å². The lowest BCUT2D eigenvalue weighted by Crippen LogP contribution is -2.12. The Hall–Kier alpha value is -2.17. The summed E-state index contributed by atoms with van der Waals surface area (Å²) in [6, 6.07) is 4.47. The van der Waals surface area contributed by atoms with Crippen molar-refractivity contribution in [2.45, 2.75) is 6.92 Å². The fraction of sp³-hybridized carbons (Fsp3) is 0.0909. The number of rotatable bonds is 2. The lowest BCUT2D eigenvalue weighted by Gasteiger charge is -2.03. The molecule has 2 rings (SSSR count). The van der Waals surface area contributed by atoms with Crippen LogP contribution in [0.2, 0.25) is 0 Å². The smallest absolute Gasteiger partial charge is 0.277 e. The largest absolute Gasteiger partial charge is 0.451 e. The first-order valence-electron chi connectivity index (χ1n) is 4.62. The number of halogens is 1. The van der Waals surface area contributed by atoms with E-state index in [0.29, 0.717) is 11.3 Å². The lowest BCUT2D eigenvalue weighted by atomic mass is 10.2. The molecule has 16 heavy (non-hydrogen) atoms. The molecule has 0 bridgehead atoms. The van der Waals surface area contributed by atoms with Crippen molar-refractivity contribution in [1.82, 2.24) is 4.98 Å². The van der Waals surface area contributed by atoms with E-state index in [-0.39, 0.29) is 11.5 Å². The number of aromatic nitrogens is 1. The van der Waals surface area contributed by atoms with Crippen LogP contribution in [0.5, 0.6) is 0 Å². The van der Waals surface area contributed by atoms with Gasteiger partial charge in [-0.25, -0.2) is 9.37 Å². The summed E-state index contributed by atoms with van der Waals surface area (Å²) in [6.45, 7) is 1.65. The molecule has 0 saturated carbocycles. The topological polar surface area (TPSA) is 55.1 Å². The van der Waals surface area contributed by atoms with Crippen LogP contribution in [-0.4, -0.2) is 10.9 Å². The van der Waals surface area contributed by atoms with Crippen LogP contribution in [0.4, 0.5) is 10.1 Å². The Morgan fingerprint density at radius 3 is 2.94 bits per heavy atom. The van der Waals surface area contributed by atoms with E-state index in [9.17, 15) is 9.18 Å². The fourth-order valence-electron chi connectivity index (χ4n) is 1.19. The van der Waals surface area contributed by atoms with Gasteiger partial charge in [-0.2, -0.15) is 0 Å². The monoisotopic (exact) mass is 220 g/mol. The summed E-state index contributed by atoms with van der Waals surface area (Å²) in [4.78, 5) is 15.2. The molecule has 0 aliphatic rings. The lowest BCUT2D eigenvalue weighted by molar-refractivity contribution is 0.102. The van der Waals surface area contributed by atoms with E-state index >= 15 is 0 Å². The Labute approximate surface area is 91.1 Å². The molecule has 0 spiro atoms. The number of aryl methyl sites for hydroxylation is 1. The van der Waals surface area contributed by atoms with Crippen molar-refractivity contribution in [2.24, 2.45) is 0 Å². The zero-order valence-electron chi connectivity index (χ0n) is 8.53. The summed E-state index contributed by atoms with van der Waals surface area (Å²) in [7, 11) is 0. The summed E-state index contributed by atoms with van der Waals surface area (Å²) < 4.78 is 17.9. The minimum absolute atomic E-state index is 0.154. The van der Waals surface area contributed by atoms with E-state index in [1.165, 1.54) is 12.3 Å². The molecule has 1 heterocycles. The van der Waals surface area contributed by atoms with Crippen molar-refractivity contribution in [3.8, 4) is 0 Å². The van der Waals surface area contributed by atoms with Gasteiger partial charge >= 0.3 is 0 Å². The molecule has 0 unspecified atom stereocenters. The number of carbonyl (C=O) groups excluding carboxylic acids is 1. The van der Waals surface area contributed by atoms with Crippen LogP contribution in [-0.2, 0) is 0 Å². The van der Waals surface area contributed by atoms with E-state index in [0.717, 1.165) is 6.39 Å². The molecule has 5 heteroatoms. The van der Waals surface area contributed by atoms with Gasteiger partial charge in [-0.15, -0.1) is 0 Å². The molecule has 0 radical (unpaired) electrons. The molecular weight excluding hydrogens is 211 g/mol. The number of carbonyl (C=O) groups is 1. The first-order chi connectivity index (χ1) is 7.66. The normalized spacial score (nSPS) is 10.1. The minimum Gasteiger partial charge on any atom is -0.451 e. The number of benzene rings is 1. The van der Waals surface area contributed by atoms with Crippen LogP contribution in [0.3, 0.4) is 0 Å². The molecule has 1 N–H and O–H groups in total. The zero-order chi connectivity index (χ0) is 11.5. The number of anilines is 1. The van der Waals surface area contributed by atoms with Crippen LogP contribution in [0.1, 0.15) is 16.1 Å². The summed E-state index contributed by atoms with van der Waals surface area (Å²) >= 11 is 0. The molecule has 0 fully saturated rings. The zero-order valence-corrected chi connectivity index (χ0v) is 8.53. The van der Waals surface area contributed by atoms with Gasteiger partial charge in [0.2, 0.25) is 0 Å². The number of oxazole rings is 1. The number of nitrogens with one attached hydrogen (secondary N) is 1. The first kappa shape index (κ1) is 10.4. The summed E-state index contributed by atoms with van der Waals surface area (Å²) in [6.07, 6.45) is 2.38. The van der Waals surface area contributed by atoms with Crippen LogP contribution in [0, 0.1) is 12.7 Å². The van der Waals surface area contributed by atoms with Crippen molar-refractivity contribution < 1.29 is 13.6 Å². The van der Waals surface area contributed by atoms with Gasteiger partial charge in [-0.3, -0.25) is 4.79 Å². The fourth-order valence-corrected chi connectivity index (χ4v) is 1.19. The Kier molecular flexibility index (Phi) is 2.68. The van der Waals surface area contributed by atoms with Crippen LogP contribution < -0.4 is 5.32 Å². The summed E-state index contributed by atoms with van der Waals surface area (Å²) in [5, 5.41) is 2.51. The summed E-state index contributed by atoms with van der Waals surface area (Å²) in [5.41, 5.74) is 1.07. The maximum Gasteiger partial charge on any atom is 0.277 e. The van der Waals surface area contributed by atoms with E-state index in [4.69, 9.17) is 0 Å². The van der Waals surface area contributed by atoms with Gasteiger partial charge in [0.25, 0.3) is 5.91 Å². The van der Waals surface area contributed by atoms with E-state index in [1.54, 1.807) is 19.1 Å². The first-order valence-corrected chi connectivity index (χ1v) is 4.62. The van der Waals surface area contributed by atoms with Gasteiger partial charge in [-0.05, 0) is 24.6 Å². The second-order valence-corrected chi connectivity index (χ2v) is 3.29. The van der Waals surface area contributed by atoms with E-state index in [2.05, 4.69) is 14.7 Å². The van der Waals surface area contributed by atoms with Crippen LogP contribution in [0.25, 0.3) is 0 Å². The van der Waals surface area contributed by atoms with Crippen molar-refractivity contribution >= 4 is 11.6 Å². The molecule has 4 nitrogen and oxygen atoms in total. The molecule has 1 aromatic heterocycles. The Bertz CT molecular complexity index is 509.